The molecule has 1 aromatic carbocycles. The van der Waals surface area contributed by atoms with E-state index in [1.165, 1.54) is 23.2 Å². The first kappa shape index (κ1) is 19.0. The number of thioether (sulfide) groups is 1. The van der Waals surface area contributed by atoms with Crippen molar-refractivity contribution in [3.63, 3.8) is 0 Å². The Morgan fingerprint density at radius 1 is 1.27 bits per heavy atom. The highest BCUT2D eigenvalue weighted by Gasteiger charge is 2.38. The van der Waals surface area contributed by atoms with Gasteiger partial charge in [-0.2, -0.15) is 0 Å². The first-order valence-electron chi connectivity index (χ1n) is 9.18. The summed E-state index contributed by atoms with van der Waals surface area (Å²) < 4.78 is 0. The van der Waals surface area contributed by atoms with E-state index in [2.05, 4.69) is 58.6 Å². The van der Waals surface area contributed by atoms with Crippen LogP contribution in [0.15, 0.2) is 17.0 Å². The third kappa shape index (κ3) is 3.07. The number of carbonyl (C=O) groups excluding carboxylic acids is 2. The SMILES string of the molecule is Cc1cc2c(cc1/C=C1/SC(=O)N(C)C1=O)[C@@H](C)CC(C)(C)N2C(C)C. The lowest BCUT2D eigenvalue weighted by Gasteiger charge is -2.50. The Labute approximate surface area is 160 Å². The molecule has 4 nitrogen and oxygen atoms in total. The number of hydrogen-bond acceptors (Lipinski definition) is 4. The molecular formula is C21H28N2O2S. The van der Waals surface area contributed by atoms with E-state index in [1.807, 2.05) is 6.08 Å². The molecule has 0 aromatic heterocycles. The summed E-state index contributed by atoms with van der Waals surface area (Å²) in [5, 5.41) is -0.210. The summed E-state index contributed by atoms with van der Waals surface area (Å²) in [5.74, 6) is 0.235. The molecule has 2 amide bonds. The first-order valence-corrected chi connectivity index (χ1v) is 10.00. The van der Waals surface area contributed by atoms with Crippen molar-refractivity contribution in [1.29, 1.82) is 0 Å². The van der Waals surface area contributed by atoms with E-state index in [1.54, 1.807) is 0 Å². The fraction of sp³-hybridized carbons (Fsp3) is 0.524. The molecule has 1 aromatic rings. The number of nitrogens with zero attached hydrogens (tertiary/aromatic N) is 2. The molecule has 5 heteroatoms. The molecule has 26 heavy (non-hydrogen) atoms. The standard InChI is InChI=1S/C21H28N2O2S/c1-12(2)23-17-8-13(3)15(9-16(17)14(4)11-21(23,5)6)10-18-19(24)22(7)20(25)26-18/h8-10,12,14H,11H2,1-7H3/b18-10+/t14-/m0/s1. The normalized spacial score (nSPS) is 24.0. The molecule has 0 spiro atoms. The maximum Gasteiger partial charge on any atom is 0.293 e. The summed E-state index contributed by atoms with van der Waals surface area (Å²) in [4.78, 5) is 28.2. The molecule has 140 valence electrons. The lowest BCUT2D eigenvalue weighted by molar-refractivity contribution is -0.121. The van der Waals surface area contributed by atoms with Gasteiger partial charge in [-0.15, -0.1) is 0 Å². The Morgan fingerprint density at radius 2 is 1.92 bits per heavy atom. The Hall–Kier alpha value is -1.75. The minimum Gasteiger partial charge on any atom is -0.364 e. The van der Waals surface area contributed by atoms with Crippen LogP contribution in [0.25, 0.3) is 6.08 Å². The van der Waals surface area contributed by atoms with Gasteiger partial charge in [-0.3, -0.25) is 14.5 Å². The average molecular weight is 373 g/mol. The molecule has 0 saturated carbocycles. The summed E-state index contributed by atoms with van der Waals surface area (Å²) in [7, 11) is 1.53. The van der Waals surface area contributed by atoms with Crippen LogP contribution < -0.4 is 4.90 Å². The molecule has 0 N–H and O–H groups in total. The molecule has 2 aliphatic rings. The van der Waals surface area contributed by atoms with Crippen molar-refractivity contribution in [3.05, 3.63) is 33.7 Å². The van der Waals surface area contributed by atoms with Crippen LogP contribution in [0, 0.1) is 6.92 Å². The van der Waals surface area contributed by atoms with Crippen LogP contribution in [0.5, 0.6) is 0 Å². The van der Waals surface area contributed by atoms with E-state index >= 15 is 0 Å². The topological polar surface area (TPSA) is 40.6 Å². The van der Waals surface area contributed by atoms with Gasteiger partial charge in [0.05, 0.1) is 4.91 Å². The number of aryl methyl sites for hydroxylation is 1. The van der Waals surface area contributed by atoms with E-state index in [0.29, 0.717) is 16.9 Å². The van der Waals surface area contributed by atoms with Gasteiger partial charge < -0.3 is 4.90 Å². The number of likely N-dealkylation sites (N-methyl/N-ethyl adjacent to an activating group) is 1. The van der Waals surface area contributed by atoms with Crippen molar-refractivity contribution in [2.45, 2.75) is 65.5 Å². The van der Waals surface area contributed by atoms with Crippen molar-refractivity contribution in [2.75, 3.05) is 11.9 Å². The fourth-order valence-electron chi connectivity index (χ4n) is 4.43. The largest absolute Gasteiger partial charge is 0.364 e. The Bertz CT molecular complexity index is 810. The van der Waals surface area contributed by atoms with Crippen LogP contribution in [0.1, 0.15) is 63.6 Å². The van der Waals surface area contributed by atoms with Crippen molar-refractivity contribution in [2.24, 2.45) is 0 Å². The smallest absolute Gasteiger partial charge is 0.293 e. The molecule has 1 atom stereocenters. The molecule has 1 saturated heterocycles. The summed E-state index contributed by atoms with van der Waals surface area (Å²) in [5.41, 5.74) is 4.88. The fourth-order valence-corrected chi connectivity index (χ4v) is 5.25. The summed E-state index contributed by atoms with van der Waals surface area (Å²) in [6, 6.07) is 4.87. The number of carbonyl (C=O) groups is 2. The number of anilines is 1. The number of hydrogen-bond donors (Lipinski definition) is 0. The molecule has 3 rings (SSSR count). The van der Waals surface area contributed by atoms with E-state index in [9.17, 15) is 9.59 Å². The van der Waals surface area contributed by atoms with Gasteiger partial charge in [-0.05, 0) is 93.6 Å². The Morgan fingerprint density at radius 3 is 2.46 bits per heavy atom. The lowest BCUT2D eigenvalue weighted by Crippen LogP contribution is -2.51. The Balaban J connectivity index is 2.10. The van der Waals surface area contributed by atoms with Crippen molar-refractivity contribution in [1.82, 2.24) is 4.90 Å². The molecule has 2 aliphatic heterocycles. The van der Waals surface area contributed by atoms with Crippen LogP contribution in [-0.4, -0.2) is 34.7 Å². The van der Waals surface area contributed by atoms with E-state index in [0.717, 1.165) is 29.3 Å². The molecule has 0 radical (unpaired) electrons. The second-order valence-electron chi connectivity index (χ2n) is 8.39. The van der Waals surface area contributed by atoms with Gasteiger partial charge in [0.1, 0.15) is 0 Å². The highest BCUT2D eigenvalue weighted by Crippen LogP contribution is 2.46. The summed E-state index contributed by atoms with van der Waals surface area (Å²) in [6.45, 7) is 13.5. The summed E-state index contributed by atoms with van der Waals surface area (Å²) >= 11 is 1.02. The maximum atomic E-state index is 12.2. The van der Waals surface area contributed by atoms with E-state index in [-0.39, 0.29) is 16.7 Å². The minimum atomic E-state index is -0.213. The van der Waals surface area contributed by atoms with Gasteiger partial charge in [0.2, 0.25) is 0 Å². The van der Waals surface area contributed by atoms with Crippen LogP contribution >= 0.6 is 11.8 Å². The van der Waals surface area contributed by atoms with E-state index in [4.69, 9.17) is 0 Å². The predicted molar refractivity (Wildman–Crippen MR) is 110 cm³/mol. The zero-order valence-electron chi connectivity index (χ0n) is 16.7. The highest BCUT2D eigenvalue weighted by molar-refractivity contribution is 8.18. The molecule has 2 heterocycles. The first-order chi connectivity index (χ1) is 12.0. The second kappa shape index (κ2) is 6.45. The lowest BCUT2D eigenvalue weighted by atomic mass is 9.78. The molecule has 1 fully saturated rings. The van der Waals surface area contributed by atoms with Crippen molar-refractivity contribution < 1.29 is 9.59 Å². The van der Waals surface area contributed by atoms with Gasteiger partial charge in [0, 0.05) is 24.3 Å². The monoisotopic (exact) mass is 372 g/mol. The highest BCUT2D eigenvalue weighted by atomic mass is 32.2. The third-order valence-corrected chi connectivity index (χ3v) is 6.41. The van der Waals surface area contributed by atoms with Gasteiger partial charge in [-0.25, -0.2) is 0 Å². The van der Waals surface area contributed by atoms with Gasteiger partial charge >= 0.3 is 0 Å². The maximum absolute atomic E-state index is 12.2. The van der Waals surface area contributed by atoms with E-state index < -0.39 is 0 Å². The molecular weight excluding hydrogens is 344 g/mol. The average Bonchev–Trinajstić information content (AvgIpc) is 2.74. The van der Waals surface area contributed by atoms with Crippen LogP contribution in [0.3, 0.4) is 0 Å². The number of amides is 2. The van der Waals surface area contributed by atoms with Crippen molar-refractivity contribution in [3.8, 4) is 0 Å². The van der Waals surface area contributed by atoms with Crippen LogP contribution in [0.2, 0.25) is 0 Å². The Kier molecular flexibility index (Phi) is 4.72. The summed E-state index contributed by atoms with van der Waals surface area (Å²) in [6.07, 6.45) is 2.96. The van der Waals surface area contributed by atoms with Gasteiger partial charge in [-0.1, -0.05) is 6.92 Å². The van der Waals surface area contributed by atoms with Crippen LogP contribution in [0.4, 0.5) is 10.5 Å². The van der Waals surface area contributed by atoms with Crippen LogP contribution in [-0.2, 0) is 4.79 Å². The number of fused-ring (bicyclic) bond motifs is 1. The zero-order valence-corrected chi connectivity index (χ0v) is 17.5. The van der Waals surface area contributed by atoms with Gasteiger partial charge in [0.15, 0.2) is 0 Å². The molecule has 0 unspecified atom stereocenters. The zero-order chi connectivity index (χ0) is 19.4. The molecule has 0 bridgehead atoms. The minimum absolute atomic E-state index is 0.111. The second-order valence-corrected chi connectivity index (χ2v) is 9.38. The van der Waals surface area contributed by atoms with Gasteiger partial charge in [0.25, 0.3) is 11.1 Å². The van der Waals surface area contributed by atoms with Crippen molar-refractivity contribution >= 4 is 34.7 Å². The number of benzene rings is 1. The quantitative estimate of drug-likeness (QED) is 0.672. The third-order valence-electron chi connectivity index (χ3n) is 5.45. The number of imide groups is 1. The molecule has 0 aliphatic carbocycles. The number of rotatable bonds is 2. The predicted octanol–water partition coefficient (Wildman–Crippen LogP) is 5.16.